The summed E-state index contributed by atoms with van der Waals surface area (Å²) in [5.74, 6) is 1.03. The lowest BCUT2D eigenvalue weighted by atomic mass is 10.2. The van der Waals surface area contributed by atoms with E-state index in [1.807, 2.05) is 12.1 Å². The Bertz CT molecular complexity index is 478. The lowest BCUT2D eigenvalue weighted by Crippen LogP contribution is -2.21. The van der Waals surface area contributed by atoms with E-state index < -0.39 is 0 Å². The number of aromatic amines is 1. The lowest BCUT2D eigenvalue weighted by molar-refractivity contribution is 0.516. The van der Waals surface area contributed by atoms with Crippen LogP contribution in [-0.2, 0) is 0 Å². The van der Waals surface area contributed by atoms with Crippen LogP contribution < -0.4 is 5.32 Å². The third-order valence-electron chi connectivity index (χ3n) is 2.65. The van der Waals surface area contributed by atoms with Crippen LogP contribution in [0, 0.1) is 0 Å². The number of hydrogen-bond donors (Lipinski definition) is 2. The van der Waals surface area contributed by atoms with Gasteiger partial charge in [-0.05, 0) is 31.2 Å². The fraction of sp³-hybridized carbons (Fsp3) is 0.417. The topological polar surface area (TPSA) is 40.7 Å². The van der Waals surface area contributed by atoms with Crippen molar-refractivity contribution in [3.05, 3.63) is 28.5 Å². The number of benzene rings is 1. The molecule has 0 saturated carbocycles. The van der Waals surface area contributed by atoms with Crippen LogP contribution in [0.5, 0.6) is 0 Å². The second-order valence-electron chi connectivity index (χ2n) is 3.80. The molecule has 0 amide bonds. The zero-order valence-corrected chi connectivity index (χ0v) is 11.1. The molecular weight excluding hydrogens is 266 g/mol. The molecule has 86 valence electrons. The second kappa shape index (κ2) is 4.97. The van der Waals surface area contributed by atoms with Crippen LogP contribution in [0.25, 0.3) is 11.0 Å². The van der Waals surface area contributed by atoms with Crippen LogP contribution in [0.2, 0.25) is 0 Å². The van der Waals surface area contributed by atoms with Gasteiger partial charge in [0, 0.05) is 4.47 Å². The van der Waals surface area contributed by atoms with Gasteiger partial charge in [-0.2, -0.15) is 0 Å². The first-order valence-electron chi connectivity index (χ1n) is 5.63. The number of halogens is 1. The molecule has 1 atom stereocenters. The molecule has 16 heavy (non-hydrogen) atoms. The fourth-order valence-corrected chi connectivity index (χ4v) is 2.21. The van der Waals surface area contributed by atoms with Gasteiger partial charge in [0.2, 0.25) is 0 Å². The summed E-state index contributed by atoms with van der Waals surface area (Å²) in [6, 6.07) is 6.42. The molecular formula is C12H16BrN3. The number of imidazole rings is 1. The predicted molar refractivity (Wildman–Crippen MR) is 70.5 cm³/mol. The summed E-state index contributed by atoms with van der Waals surface area (Å²) >= 11 is 3.46. The summed E-state index contributed by atoms with van der Waals surface area (Å²) in [7, 11) is 0. The molecule has 1 unspecified atom stereocenters. The van der Waals surface area contributed by atoms with Gasteiger partial charge in [0.15, 0.2) is 0 Å². The van der Waals surface area contributed by atoms with Crippen LogP contribution in [0.15, 0.2) is 22.7 Å². The molecule has 3 nitrogen and oxygen atoms in total. The minimum atomic E-state index is 0.316. The highest BCUT2D eigenvalue weighted by Gasteiger charge is 2.12. The molecule has 1 heterocycles. The van der Waals surface area contributed by atoms with Gasteiger partial charge in [-0.15, -0.1) is 0 Å². The van der Waals surface area contributed by atoms with Crippen molar-refractivity contribution < 1.29 is 0 Å². The number of aromatic nitrogens is 2. The molecule has 0 fully saturated rings. The summed E-state index contributed by atoms with van der Waals surface area (Å²) in [5.41, 5.74) is 2.11. The molecule has 4 heteroatoms. The predicted octanol–water partition coefficient (Wildman–Crippen LogP) is 3.39. The van der Waals surface area contributed by atoms with Crippen LogP contribution in [-0.4, -0.2) is 16.5 Å². The lowest BCUT2D eigenvalue weighted by Gasteiger charge is -2.12. The summed E-state index contributed by atoms with van der Waals surface area (Å²) < 4.78 is 1.08. The van der Waals surface area contributed by atoms with Crippen molar-refractivity contribution in [2.75, 3.05) is 6.54 Å². The van der Waals surface area contributed by atoms with Crippen molar-refractivity contribution in [3.8, 4) is 0 Å². The second-order valence-corrected chi connectivity index (χ2v) is 4.72. The van der Waals surface area contributed by atoms with Gasteiger partial charge in [-0.3, -0.25) is 0 Å². The average molecular weight is 282 g/mol. The molecule has 0 bridgehead atoms. The number of fused-ring (bicyclic) bond motifs is 1. The summed E-state index contributed by atoms with van der Waals surface area (Å²) in [6.07, 6.45) is 1.04. The number of rotatable bonds is 4. The maximum Gasteiger partial charge on any atom is 0.124 e. The van der Waals surface area contributed by atoms with E-state index >= 15 is 0 Å². The number of H-pyrrole nitrogens is 1. The fourth-order valence-electron chi connectivity index (χ4n) is 1.85. The molecule has 0 aliphatic carbocycles. The van der Waals surface area contributed by atoms with Crippen molar-refractivity contribution in [1.82, 2.24) is 15.3 Å². The third kappa shape index (κ3) is 2.28. The largest absolute Gasteiger partial charge is 0.341 e. The Hall–Kier alpha value is -0.870. The average Bonchev–Trinajstić information content (AvgIpc) is 2.68. The molecule has 0 saturated heterocycles. The highest BCUT2D eigenvalue weighted by Crippen LogP contribution is 2.21. The molecule has 0 spiro atoms. The highest BCUT2D eigenvalue weighted by molar-refractivity contribution is 9.10. The Morgan fingerprint density at radius 2 is 2.25 bits per heavy atom. The van der Waals surface area contributed by atoms with Crippen LogP contribution >= 0.6 is 15.9 Å². The van der Waals surface area contributed by atoms with E-state index in [1.165, 1.54) is 0 Å². The third-order valence-corrected chi connectivity index (χ3v) is 3.14. The van der Waals surface area contributed by atoms with Gasteiger partial charge >= 0.3 is 0 Å². The zero-order valence-electron chi connectivity index (χ0n) is 9.55. The quantitative estimate of drug-likeness (QED) is 0.902. The van der Waals surface area contributed by atoms with Crippen LogP contribution in [0.1, 0.15) is 32.1 Å². The van der Waals surface area contributed by atoms with Gasteiger partial charge in [0.05, 0.1) is 17.1 Å². The highest BCUT2D eigenvalue weighted by atomic mass is 79.9. The van der Waals surface area contributed by atoms with E-state index in [0.29, 0.717) is 6.04 Å². The number of hydrogen-bond acceptors (Lipinski definition) is 2. The summed E-state index contributed by atoms with van der Waals surface area (Å²) in [4.78, 5) is 7.97. The van der Waals surface area contributed by atoms with E-state index in [-0.39, 0.29) is 0 Å². The Kier molecular flexibility index (Phi) is 3.61. The monoisotopic (exact) mass is 281 g/mol. The maximum atomic E-state index is 4.60. The maximum absolute atomic E-state index is 4.60. The minimum Gasteiger partial charge on any atom is -0.341 e. The van der Waals surface area contributed by atoms with Gasteiger partial charge < -0.3 is 10.3 Å². The van der Waals surface area contributed by atoms with Crippen LogP contribution in [0.3, 0.4) is 0 Å². The van der Waals surface area contributed by atoms with Crippen LogP contribution in [0.4, 0.5) is 0 Å². The van der Waals surface area contributed by atoms with E-state index in [0.717, 1.165) is 34.3 Å². The van der Waals surface area contributed by atoms with Gasteiger partial charge in [-0.1, -0.05) is 29.8 Å². The Balaban J connectivity index is 2.37. The summed E-state index contributed by atoms with van der Waals surface area (Å²) in [5, 5.41) is 3.42. The smallest absolute Gasteiger partial charge is 0.124 e. The molecule has 2 aromatic rings. The Morgan fingerprint density at radius 1 is 1.44 bits per heavy atom. The molecule has 1 aromatic carbocycles. The molecule has 0 aliphatic rings. The van der Waals surface area contributed by atoms with Crippen molar-refractivity contribution in [2.24, 2.45) is 0 Å². The minimum absolute atomic E-state index is 0.316. The number of nitrogens with one attached hydrogen (secondary N) is 2. The molecule has 2 N–H and O–H groups in total. The number of nitrogens with zero attached hydrogens (tertiary/aromatic N) is 1. The standard InChI is InChI=1S/C12H16BrN3/c1-3-9(14-4-2)12-15-10-6-5-8(13)7-11(10)16-12/h5-7,9,14H,3-4H2,1-2H3,(H,15,16). The Labute approximate surface area is 104 Å². The SMILES string of the molecule is CCNC(CC)c1nc2ccc(Br)cc2[nH]1. The first-order valence-corrected chi connectivity index (χ1v) is 6.42. The van der Waals surface area contributed by atoms with E-state index in [1.54, 1.807) is 0 Å². The van der Waals surface area contributed by atoms with E-state index in [4.69, 9.17) is 0 Å². The van der Waals surface area contributed by atoms with Gasteiger partial charge in [0.25, 0.3) is 0 Å². The first kappa shape index (κ1) is 11.6. The normalized spacial score (nSPS) is 13.2. The zero-order chi connectivity index (χ0) is 11.5. The van der Waals surface area contributed by atoms with E-state index in [2.05, 4.69) is 51.1 Å². The van der Waals surface area contributed by atoms with Crippen molar-refractivity contribution in [2.45, 2.75) is 26.3 Å². The summed E-state index contributed by atoms with van der Waals surface area (Å²) in [6.45, 7) is 5.23. The van der Waals surface area contributed by atoms with E-state index in [9.17, 15) is 0 Å². The molecule has 0 aliphatic heterocycles. The Morgan fingerprint density at radius 3 is 2.94 bits per heavy atom. The van der Waals surface area contributed by atoms with Crippen molar-refractivity contribution in [3.63, 3.8) is 0 Å². The van der Waals surface area contributed by atoms with Gasteiger partial charge in [0.1, 0.15) is 5.82 Å². The first-order chi connectivity index (χ1) is 7.74. The molecule has 1 aromatic heterocycles. The van der Waals surface area contributed by atoms with Crippen molar-refractivity contribution >= 4 is 27.0 Å². The van der Waals surface area contributed by atoms with Crippen molar-refractivity contribution in [1.29, 1.82) is 0 Å². The van der Waals surface area contributed by atoms with Gasteiger partial charge in [-0.25, -0.2) is 4.98 Å². The molecule has 0 radical (unpaired) electrons. The molecule has 2 rings (SSSR count).